The van der Waals surface area contributed by atoms with E-state index in [0.717, 1.165) is 24.2 Å². The van der Waals surface area contributed by atoms with Gasteiger partial charge in [-0.1, -0.05) is 48.6 Å². The fraction of sp³-hybridized carbons (Fsp3) is 0.273. The lowest BCUT2D eigenvalue weighted by atomic mass is 10.1. The van der Waals surface area contributed by atoms with Crippen LogP contribution in [0.5, 0.6) is 11.5 Å². The monoisotopic (exact) mass is 416 g/mol. The van der Waals surface area contributed by atoms with E-state index in [1.165, 1.54) is 0 Å². The van der Waals surface area contributed by atoms with Crippen molar-refractivity contribution in [1.82, 2.24) is 10.6 Å². The summed E-state index contributed by atoms with van der Waals surface area (Å²) in [5.74, 6) is 1.94. The van der Waals surface area contributed by atoms with Crippen molar-refractivity contribution in [1.29, 1.82) is 0 Å². The zero-order chi connectivity index (χ0) is 20.2. The summed E-state index contributed by atoms with van der Waals surface area (Å²) in [6, 6.07) is 14.5. The van der Waals surface area contributed by atoms with Gasteiger partial charge < -0.3 is 20.8 Å². The van der Waals surface area contributed by atoms with E-state index in [0.29, 0.717) is 11.5 Å². The second-order valence-corrected chi connectivity index (χ2v) is 7.12. The molecular weight excluding hydrogens is 388 g/mol. The number of aromatic hydroxyl groups is 2. The van der Waals surface area contributed by atoms with Crippen molar-refractivity contribution < 1.29 is 10.2 Å². The van der Waals surface area contributed by atoms with Gasteiger partial charge in [-0.05, 0) is 35.4 Å². The summed E-state index contributed by atoms with van der Waals surface area (Å²) in [4.78, 5) is 0. The lowest BCUT2D eigenvalue weighted by Crippen LogP contribution is -2.38. The van der Waals surface area contributed by atoms with Gasteiger partial charge in [-0.3, -0.25) is 0 Å². The van der Waals surface area contributed by atoms with Crippen molar-refractivity contribution in [2.45, 2.75) is 12.1 Å². The Kier molecular flexibility index (Phi) is 10.1. The Balaban J connectivity index is 1.73. The molecule has 0 aliphatic carbocycles. The lowest BCUT2D eigenvalue weighted by molar-refractivity contribution is 0.474. The predicted octanol–water partition coefficient (Wildman–Crippen LogP) is 3.60. The van der Waals surface area contributed by atoms with Gasteiger partial charge in [0.2, 0.25) is 0 Å². The molecule has 2 aromatic rings. The summed E-state index contributed by atoms with van der Waals surface area (Å²) in [6.07, 6.45) is 8.22. The van der Waals surface area contributed by atoms with Crippen molar-refractivity contribution in [2.75, 3.05) is 24.6 Å². The molecule has 0 aromatic heterocycles. The molecule has 0 bridgehead atoms. The number of hydrogen-bond acceptors (Lipinski definition) is 6. The van der Waals surface area contributed by atoms with Gasteiger partial charge in [0.25, 0.3) is 0 Å². The van der Waals surface area contributed by atoms with E-state index in [1.807, 2.05) is 36.4 Å². The largest absolute Gasteiger partial charge is 0.508 e. The quantitative estimate of drug-likeness (QED) is 0.250. The molecule has 0 fully saturated rings. The van der Waals surface area contributed by atoms with Crippen molar-refractivity contribution in [3.05, 3.63) is 71.8 Å². The number of nitrogens with one attached hydrogen (secondary N) is 2. The standard InChI is InChI=1S/C22H28N2O2S2/c25-21-9-3-17(4-10-21)1-7-19(15-27)23-13-14-24-20(16-28)8-2-18-5-11-22(26)12-6-18/h1-12,19-20,23-28H,13-16H2/b7-1+,8-2+. The summed E-state index contributed by atoms with van der Waals surface area (Å²) >= 11 is 8.81. The Morgan fingerprint density at radius 2 is 1.04 bits per heavy atom. The van der Waals surface area contributed by atoms with Gasteiger partial charge in [0.1, 0.15) is 11.5 Å². The van der Waals surface area contributed by atoms with Crippen LogP contribution in [-0.4, -0.2) is 46.9 Å². The number of benzene rings is 2. The third-order valence-electron chi connectivity index (χ3n) is 4.16. The van der Waals surface area contributed by atoms with E-state index in [-0.39, 0.29) is 23.6 Å². The molecule has 0 heterocycles. The number of phenolic OH excluding ortho intramolecular Hbond substituents is 2. The Bertz CT molecular complexity index is 681. The maximum atomic E-state index is 9.33. The maximum absolute atomic E-state index is 9.33. The summed E-state index contributed by atoms with van der Waals surface area (Å²) in [7, 11) is 0. The van der Waals surface area contributed by atoms with Crippen LogP contribution in [0.3, 0.4) is 0 Å². The van der Waals surface area contributed by atoms with Crippen LogP contribution >= 0.6 is 25.3 Å². The van der Waals surface area contributed by atoms with Gasteiger partial charge in [0, 0.05) is 36.7 Å². The molecule has 0 amide bonds. The zero-order valence-corrected chi connectivity index (χ0v) is 17.5. The van der Waals surface area contributed by atoms with Gasteiger partial charge in [0.05, 0.1) is 0 Å². The first-order valence-electron chi connectivity index (χ1n) is 9.23. The molecule has 2 unspecified atom stereocenters. The van der Waals surface area contributed by atoms with Crippen LogP contribution in [0.15, 0.2) is 60.7 Å². The fourth-order valence-corrected chi connectivity index (χ4v) is 3.03. The van der Waals surface area contributed by atoms with Crippen molar-refractivity contribution in [2.24, 2.45) is 0 Å². The molecule has 6 heteroatoms. The fourth-order valence-electron chi connectivity index (χ4n) is 2.53. The highest BCUT2D eigenvalue weighted by molar-refractivity contribution is 7.80. The third-order valence-corrected chi connectivity index (χ3v) is 4.95. The average Bonchev–Trinajstić information content (AvgIpc) is 2.72. The van der Waals surface area contributed by atoms with E-state index in [2.05, 4.69) is 48.0 Å². The molecule has 0 saturated heterocycles. The van der Waals surface area contributed by atoms with Gasteiger partial charge in [0.15, 0.2) is 0 Å². The number of phenols is 2. The minimum Gasteiger partial charge on any atom is -0.508 e. The summed E-state index contributed by atoms with van der Waals surface area (Å²) in [6.45, 7) is 1.62. The van der Waals surface area contributed by atoms with Crippen LogP contribution in [0.25, 0.3) is 12.2 Å². The van der Waals surface area contributed by atoms with Crippen LogP contribution in [0.2, 0.25) is 0 Å². The number of thiol groups is 2. The summed E-state index contributed by atoms with van der Waals surface area (Å²) in [5, 5.41) is 25.6. The molecule has 2 atom stereocenters. The first-order chi connectivity index (χ1) is 13.6. The van der Waals surface area contributed by atoms with Crippen LogP contribution in [0.1, 0.15) is 11.1 Å². The Morgan fingerprint density at radius 3 is 1.36 bits per heavy atom. The second kappa shape index (κ2) is 12.6. The van der Waals surface area contributed by atoms with E-state index in [1.54, 1.807) is 24.3 Å². The average molecular weight is 417 g/mol. The lowest BCUT2D eigenvalue weighted by Gasteiger charge is -2.16. The molecule has 28 heavy (non-hydrogen) atoms. The van der Waals surface area contributed by atoms with Crippen LogP contribution < -0.4 is 10.6 Å². The molecule has 0 radical (unpaired) electrons. The molecule has 2 aromatic carbocycles. The molecule has 0 spiro atoms. The highest BCUT2D eigenvalue weighted by Crippen LogP contribution is 2.12. The summed E-state index contributed by atoms with van der Waals surface area (Å²) < 4.78 is 0. The van der Waals surface area contributed by atoms with Crippen molar-refractivity contribution in [3.8, 4) is 11.5 Å². The van der Waals surface area contributed by atoms with Crippen LogP contribution in [0.4, 0.5) is 0 Å². The van der Waals surface area contributed by atoms with E-state index < -0.39 is 0 Å². The molecule has 2 rings (SSSR count). The second-order valence-electron chi connectivity index (χ2n) is 6.39. The normalized spacial score (nSPS) is 13.9. The zero-order valence-electron chi connectivity index (χ0n) is 15.7. The highest BCUT2D eigenvalue weighted by atomic mass is 32.1. The van der Waals surface area contributed by atoms with Crippen LogP contribution in [-0.2, 0) is 0 Å². The molecule has 0 aliphatic heterocycles. The van der Waals surface area contributed by atoms with E-state index in [9.17, 15) is 10.2 Å². The number of rotatable bonds is 11. The van der Waals surface area contributed by atoms with Gasteiger partial charge in [-0.15, -0.1) is 0 Å². The van der Waals surface area contributed by atoms with Crippen molar-refractivity contribution in [3.63, 3.8) is 0 Å². The first-order valence-corrected chi connectivity index (χ1v) is 10.5. The topological polar surface area (TPSA) is 64.5 Å². The predicted molar refractivity (Wildman–Crippen MR) is 126 cm³/mol. The van der Waals surface area contributed by atoms with E-state index >= 15 is 0 Å². The third kappa shape index (κ3) is 8.44. The SMILES string of the molecule is Oc1ccc(/C=C/C(CS)NCCNC(/C=C/c2ccc(O)cc2)CS)cc1. The molecule has 0 aliphatic rings. The van der Waals surface area contributed by atoms with Gasteiger partial charge >= 0.3 is 0 Å². The minimum absolute atomic E-state index is 0.168. The minimum atomic E-state index is 0.168. The van der Waals surface area contributed by atoms with Crippen LogP contribution in [0, 0.1) is 0 Å². The Hall–Kier alpha value is -1.86. The molecule has 0 saturated carbocycles. The molecule has 4 nitrogen and oxygen atoms in total. The first kappa shape index (κ1) is 22.4. The molecular formula is C22H28N2O2S2. The Morgan fingerprint density at radius 1 is 0.679 bits per heavy atom. The van der Waals surface area contributed by atoms with Gasteiger partial charge in [-0.25, -0.2) is 0 Å². The maximum Gasteiger partial charge on any atom is 0.115 e. The van der Waals surface area contributed by atoms with Crippen molar-refractivity contribution >= 4 is 37.4 Å². The van der Waals surface area contributed by atoms with Gasteiger partial charge in [-0.2, -0.15) is 25.3 Å². The molecule has 150 valence electrons. The molecule has 4 N–H and O–H groups in total. The smallest absolute Gasteiger partial charge is 0.115 e. The number of hydrogen-bond donors (Lipinski definition) is 6. The Labute approximate surface area is 178 Å². The van der Waals surface area contributed by atoms with E-state index in [4.69, 9.17) is 0 Å². The summed E-state index contributed by atoms with van der Waals surface area (Å²) in [5.41, 5.74) is 2.08. The highest BCUT2D eigenvalue weighted by Gasteiger charge is 2.04.